The molecule has 124 valence electrons. The standard InChI is InChI=1S/C19H22N4O/c1-14(2)18-21-19(24-22-18)16-9-11-20-17(13-16)23(3)12-10-15-7-5-4-6-8-15/h4-9,11,13-14H,10,12H2,1-3H3. The Morgan fingerprint density at radius 3 is 2.62 bits per heavy atom. The fourth-order valence-corrected chi connectivity index (χ4v) is 2.40. The van der Waals surface area contributed by atoms with Crippen LogP contribution in [0.3, 0.4) is 0 Å². The predicted molar refractivity (Wildman–Crippen MR) is 95.0 cm³/mol. The van der Waals surface area contributed by atoms with Gasteiger partial charge in [0.25, 0.3) is 5.89 Å². The zero-order chi connectivity index (χ0) is 16.9. The highest BCUT2D eigenvalue weighted by Crippen LogP contribution is 2.22. The van der Waals surface area contributed by atoms with Crippen molar-refractivity contribution < 1.29 is 4.52 Å². The highest BCUT2D eigenvalue weighted by Gasteiger charge is 2.13. The second-order valence-electron chi connectivity index (χ2n) is 6.17. The molecule has 3 rings (SSSR count). The quantitative estimate of drug-likeness (QED) is 0.688. The molecule has 2 aromatic heterocycles. The molecule has 1 aromatic carbocycles. The van der Waals surface area contributed by atoms with E-state index in [1.54, 1.807) is 6.20 Å². The Kier molecular flexibility index (Phi) is 4.89. The molecule has 5 nitrogen and oxygen atoms in total. The Morgan fingerprint density at radius 2 is 1.92 bits per heavy atom. The molecule has 0 fully saturated rings. The molecular formula is C19H22N4O. The highest BCUT2D eigenvalue weighted by molar-refractivity contribution is 5.58. The van der Waals surface area contributed by atoms with Crippen molar-refractivity contribution in [2.24, 2.45) is 0 Å². The van der Waals surface area contributed by atoms with Crippen LogP contribution in [0, 0.1) is 0 Å². The van der Waals surface area contributed by atoms with Crippen LogP contribution >= 0.6 is 0 Å². The lowest BCUT2D eigenvalue weighted by Crippen LogP contribution is -2.21. The molecular weight excluding hydrogens is 300 g/mol. The van der Waals surface area contributed by atoms with Crippen LogP contribution in [0.15, 0.2) is 53.2 Å². The Bertz CT molecular complexity index is 783. The zero-order valence-corrected chi connectivity index (χ0v) is 14.3. The summed E-state index contributed by atoms with van der Waals surface area (Å²) in [6, 6.07) is 14.3. The van der Waals surface area contributed by atoms with E-state index >= 15 is 0 Å². The number of likely N-dealkylation sites (N-methyl/N-ethyl adjacent to an activating group) is 1. The molecule has 3 aromatic rings. The van der Waals surface area contributed by atoms with Crippen molar-refractivity contribution in [2.75, 3.05) is 18.5 Å². The maximum atomic E-state index is 5.37. The largest absolute Gasteiger partial charge is 0.359 e. The average Bonchev–Trinajstić information content (AvgIpc) is 3.11. The van der Waals surface area contributed by atoms with E-state index < -0.39 is 0 Å². The zero-order valence-electron chi connectivity index (χ0n) is 14.3. The topological polar surface area (TPSA) is 55.1 Å². The van der Waals surface area contributed by atoms with Crippen LogP contribution in [0.1, 0.15) is 31.2 Å². The van der Waals surface area contributed by atoms with E-state index in [9.17, 15) is 0 Å². The van der Waals surface area contributed by atoms with Crippen molar-refractivity contribution in [3.63, 3.8) is 0 Å². The van der Waals surface area contributed by atoms with Crippen molar-refractivity contribution in [3.8, 4) is 11.5 Å². The lowest BCUT2D eigenvalue weighted by atomic mass is 10.1. The minimum atomic E-state index is 0.248. The molecule has 0 saturated carbocycles. The first-order chi connectivity index (χ1) is 11.6. The molecule has 0 aliphatic heterocycles. The number of nitrogens with zero attached hydrogens (tertiary/aromatic N) is 4. The van der Waals surface area contributed by atoms with E-state index in [4.69, 9.17) is 4.52 Å². The first-order valence-corrected chi connectivity index (χ1v) is 8.18. The second kappa shape index (κ2) is 7.25. The van der Waals surface area contributed by atoms with E-state index in [2.05, 4.69) is 44.3 Å². The molecule has 0 aliphatic carbocycles. The van der Waals surface area contributed by atoms with Gasteiger partial charge in [-0.2, -0.15) is 4.98 Å². The summed E-state index contributed by atoms with van der Waals surface area (Å²) in [6.45, 7) is 4.98. The minimum Gasteiger partial charge on any atom is -0.359 e. The van der Waals surface area contributed by atoms with Gasteiger partial charge in [-0.15, -0.1) is 0 Å². The van der Waals surface area contributed by atoms with Crippen LogP contribution in [-0.4, -0.2) is 28.7 Å². The number of benzene rings is 1. The average molecular weight is 322 g/mol. The predicted octanol–water partition coefficient (Wildman–Crippen LogP) is 3.93. The Labute approximate surface area is 142 Å². The highest BCUT2D eigenvalue weighted by atomic mass is 16.5. The van der Waals surface area contributed by atoms with Gasteiger partial charge in [-0.3, -0.25) is 0 Å². The number of rotatable bonds is 6. The summed E-state index contributed by atoms with van der Waals surface area (Å²) in [5, 5.41) is 4.02. The Morgan fingerprint density at radius 1 is 1.12 bits per heavy atom. The number of hydrogen-bond acceptors (Lipinski definition) is 5. The molecule has 0 bridgehead atoms. The third-order valence-corrected chi connectivity index (χ3v) is 3.92. The Balaban J connectivity index is 1.72. The normalized spacial score (nSPS) is 11.0. The summed E-state index contributed by atoms with van der Waals surface area (Å²) < 4.78 is 5.37. The lowest BCUT2D eigenvalue weighted by molar-refractivity contribution is 0.419. The van der Waals surface area contributed by atoms with Gasteiger partial charge in [-0.25, -0.2) is 4.98 Å². The smallest absolute Gasteiger partial charge is 0.258 e. The first kappa shape index (κ1) is 16.2. The van der Waals surface area contributed by atoms with Crippen LogP contribution in [0.25, 0.3) is 11.5 Å². The van der Waals surface area contributed by atoms with Gasteiger partial charge in [0.1, 0.15) is 5.82 Å². The van der Waals surface area contributed by atoms with Crippen molar-refractivity contribution in [3.05, 3.63) is 60.0 Å². The van der Waals surface area contributed by atoms with Crippen molar-refractivity contribution >= 4 is 5.82 Å². The molecule has 5 heteroatoms. The summed E-state index contributed by atoms with van der Waals surface area (Å²) in [5.74, 6) is 2.41. The molecule has 2 heterocycles. The SMILES string of the molecule is CC(C)c1noc(-c2ccnc(N(C)CCc3ccccc3)c2)n1. The number of hydrogen-bond donors (Lipinski definition) is 0. The fourth-order valence-electron chi connectivity index (χ4n) is 2.40. The van der Waals surface area contributed by atoms with Gasteiger partial charge in [-0.1, -0.05) is 49.3 Å². The molecule has 0 saturated heterocycles. The van der Waals surface area contributed by atoms with Crippen molar-refractivity contribution in [1.82, 2.24) is 15.1 Å². The second-order valence-corrected chi connectivity index (χ2v) is 6.17. The van der Waals surface area contributed by atoms with Crippen LogP contribution in [0.2, 0.25) is 0 Å². The summed E-state index contributed by atoms with van der Waals surface area (Å²) in [7, 11) is 2.04. The number of anilines is 1. The van der Waals surface area contributed by atoms with E-state index in [1.165, 1.54) is 5.56 Å². The molecule has 0 amide bonds. The van der Waals surface area contributed by atoms with Gasteiger partial charge in [0.15, 0.2) is 5.82 Å². The van der Waals surface area contributed by atoms with E-state index in [-0.39, 0.29) is 5.92 Å². The van der Waals surface area contributed by atoms with Crippen molar-refractivity contribution in [1.29, 1.82) is 0 Å². The van der Waals surface area contributed by atoms with Crippen LogP contribution in [0.5, 0.6) is 0 Å². The van der Waals surface area contributed by atoms with Crippen LogP contribution in [-0.2, 0) is 6.42 Å². The molecule has 0 aliphatic rings. The molecule has 0 radical (unpaired) electrons. The minimum absolute atomic E-state index is 0.248. The van der Waals surface area contributed by atoms with Gasteiger partial charge in [0, 0.05) is 31.3 Å². The van der Waals surface area contributed by atoms with E-state index in [1.807, 2.05) is 39.1 Å². The van der Waals surface area contributed by atoms with Crippen LogP contribution < -0.4 is 4.90 Å². The van der Waals surface area contributed by atoms with E-state index in [0.717, 1.165) is 30.2 Å². The van der Waals surface area contributed by atoms with Gasteiger partial charge in [0.05, 0.1) is 0 Å². The maximum Gasteiger partial charge on any atom is 0.258 e. The summed E-state index contributed by atoms with van der Waals surface area (Å²) in [4.78, 5) is 11.0. The maximum absolute atomic E-state index is 5.37. The van der Waals surface area contributed by atoms with Gasteiger partial charge in [-0.05, 0) is 24.1 Å². The summed E-state index contributed by atoms with van der Waals surface area (Å²) in [5.41, 5.74) is 2.21. The molecule has 24 heavy (non-hydrogen) atoms. The van der Waals surface area contributed by atoms with E-state index in [0.29, 0.717) is 5.89 Å². The third-order valence-electron chi connectivity index (χ3n) is 3.92. The number of pyridine rings is 1. The molecule has 0 N–H and O–H groups in total. The van der Waals surface area contributed by atoms with Gasteiger partial charge < -0.3 is 9.42 Å². The van der Waals surface area contributed by atoms with Crippen LogP contribution in [0.4, 0.5) is 5.82 Å². The van der Waals surface area contributed by atoms with Crippen molar-refractivity contribution in [2.45, 2.75) is 26.2 Å². The monoisotopic (exact) mass is 322 g/mol. The lowest BCUT2D eigenvalue weighted by Gasteiger charge is -2.18. The molecule has 0 atom stereocenters. The molecule has 0 unspecified atom stereocenters. The first-order valence-electron chi connectivity index (χ1n) is 8.18. The Hall–Kier alpha value is -2.69. The molecule has 0 spiro atoms. The third kappa shape index (κ3) is 3.79. The summed E-state index contributed by atoms with van der Waals surface area (Å²) >= 11 is 0. The summed E-state index contributed by atoms with van der Waals surface area (Å²) in [6.07, 6.45) is 2.75. The van der Waals surface area contributed by atoms with Gasteiger partial charge >= 0.3 is 0 Å². The van der Waals surface area contributed by atoms with Gasteiger partial charge in [0.2, 0.25) is 0 Å². The fraction of sp³-hybridized carbons (Fsp3) is 0.316. The number of aromatic nitrogens is 3.